The molecule has 1 fully saturated rings. The molecule has 0 heterocycles. The minimum atomic E-state index is 0.460. The Kier molecular flexibility index (Phi) is 2.21. The predicted octanol–water partition coefficient (Wildman–Crippen LogP) is 3.53. The normalized spacial score (nSPS) is 36.3. The number of rotatable bonds is 2. The van der Waals surface area contributed by atoms with Crippen LogP contribution in [0.2, 0.25) is 0 Å². The molecule has 78 valence electrons. The number of fused-ring (bicyclic) bond motifs is 1. The minimum Gasteiger partial charge on any atom is -0.501 e. The fraction of sp³-hybridized carbons (Fsp3) is 0.692. The molecular weight excluding hydrogens is 172 g/mol. The van der Waals surface area contributed by atoms with Gasteiger partial charge in [-0.05, 0) is 43.1 Å². The summed E-state index contributed by atoms with van der Waals surface area (Å²) in [5.41, 5.74) is 3.39. The zero-order valence-electron chi connectivity index (χ0n) is 9.63. The molecule has 0 N–H and O–H groups in total. The lowest BCUT2D eigenvalue weighted by molar-refractivity contribution is 0.0212. The molecule has 2 bridgehead atoms. The van der Waals surface area contributed by atoms with Crippen molar-refractivity contribution in [2.75, 3.05) is 6.61 Å². The van der Waals surface area contributed by atoms with Crippen LogP contribution >= 0.6 is 0 Å². The van der Waals surface area contributed by atoms with Crippen molar-refractivity contribution >= 4 is 0 Å². The molecule has 0 amide bonds. The average Bonchev–Trinajstić information content (AvgIpc) is 2.13. The van der Waals surface area contributed by atoms with E-state index >= 15 is 0 Å². The van der Waals surface area contributed by atoms with Gasteiger partial charge in [-0.15, -0.1) is 0 Å². The van der Waals surface area contributed by atoms with Gasteiger partial charge in [0, 0.05) is 0 Å². The second-order valence-corrected chi connectivity index (χ2v) is 5.12. The van der Waals surface area contributed by atoms with Crippen molar-refractivity contribution in [3.05, 3.63) is 23.5 Å². The van der Waals surface area contributed by atoms with Gasteiger partial charge in [0.1, 0.15) is 0 Å². The van der Waals surface area contributed by atoms with Gasteiger partial charge in [0.2, 0.25) is 0 Å². The second kappa shape index (κ2) is 3.15. The molecule has 1 heteroatoms. The molecule has 0 aliphatic heterocycles. The molecule has 0 aromatic rings. The predicted molar refractivity (Wildman–Crippen MR) is 58.8 cm³/mol. The fourth-order valence-corrected chi connectivity index (χ4v) is 3.02. The Bertz CT molecular complexity index is 296. The molecule has 3 aliphatic carbocycles. The third-order valence-corrected chi connectivity index (χ3v) is 4.00. The summed E-state index contributed by atoms with van der Waals surface area (Å²) in [7, 11) is 0. The van der Waals surface area contributed by atoms with Crippen LogP contribution < -0.4 is 0 Å². The summed E-state index contributed by atoms with van der Waals surface area (Å²) in [4.78, 5) is 0. The highest BCUT2D eigenvalue weighted by Gasteiger charge is 2.52. The van der Waals surface area contributed by atoms with Gasteiger partial charge in [-0.1, -0.05) is 25.5 Å². The van der Waals surface area contributed by atoms with Gasteiger partial charge in [0.25, 0.3) is 0 Å². The lowest BCUT2D eigenvalue weighted by Crippen LogP contribution is -2.48. The highest BCUT2D eigenvalue weighted by Crippen LogP contribution is 2.60. The van der Waals surface area contributed by atoms with Crippen LogP contribution in [0.5, 0.6) is 0 Å². The Balaban J connectivity index is 2.25. The van der Waals surface area contributed by atoms with Crippen molar-refractivity contribution in [2.45, 2.75) is 34.1 Å². The van der Waals surface area contributed by atoms with E-state index in [9.17, 15) is 0 Å². The van der Waals surface area contributed by atoms with E-state index in [1.165, 1.54) is 17.6 Å². The van der Waals surface area contributed by atoms with Crippen molar-refractivity contribution in [2.24, 2.45) is 17.3 Å². The van der Waals surface area contributed by atoms with Crippen LogP contribution in [0.1, 0.15) is 34.1 Å². The molecule has 0 spiro atoms. The maximum atomic E-state index is 5.40. The number of allylic oxidation sites excluding steroid dienone is 3. The van der Waals surface area contributed by atoms with Gasteiger partial charge in [-0.3, -0.25) is 0 Å². The van der Waals surface area contributed by atoms with Crippen molar-refractivity contribution in [1.29, 1.82) is 0 Å². The van der Waals surface area contributed by atoms with Gasteiger partial charge < -0.3 is 4.74 Å². The molecule has 2 atom stereocenters. The first kappa shape index (κ1) is 9.82. The van der Waals surface area contributed by atoms with Crippen LogP contribution in [0.15, 0.2) is 23.5 Å². The minimum absolute atomic E-state index is 0.460. The van der Waals surface area contributed by atoms with Crippen LogP contribution in [0.3, 0.4) is 0 Å². The number of hydrogen-bond acceptors (Lipinski definition) is 1. The van der Waals surface area contributed by atoms with Gasteiger partial charge in [-0.2, -0.15) is 0 Å². The molecule has 3 aliphatic rings. The molecule has 0 unspecified atom stereocenters. The fourth-order valence-electron chi connectivity index (χ4n) is 3.02. The van der Waals surface area contributed by atoms with E-state index in [0.717, 1.165) is 18.4 Å². The van der Waals surface area contributed by atoms with E-state index in [4.69, 9.17) is 4.74 Å². The lowest BCUT2D eigenvalue weighted by atomic mass is 9.48. The largest absolute Gasteiger partial charge is 0.501 e. The van der Waals surface area contributed by atoms with E-state index < -0.39 is 0 Å². The highest BCUT2D eigenvalue weighted by atomic mass is 16.5. The molecule has 1 saturated carbocycles. The maximum Gasteiger partial charge on any atom is 0.0863 e. The summed E-state index contributed by atoms with van der Waals surface area (Å²) >= 11 is 0. The smallest absolute Gasteiger partial charge is 0.0863 e. The zero-order chi connectivity index (χ0) is 10.3. The van der Waals surface area contributed by atoms with Gasteiger partial charge >= 0.3 is 0 Å². The van der Waals surface area contributed by atoms with Gasteiger partial charge in [-0.25, -0.2) is 0 Å². The van der Waals surface area contributed by atoms with E-state index in [-0.39, 0.29) is 0 Å². The summed E-state index contributed by atoms with van der Waals surface area (Å²) in [5.74, 6) is 1.54. The molecule has 1 nitrogen and oxygen atoms in total. The quantitative estimate of drug-likeness (QED) is 0.608. The molecule has 0 aromatic heterocycles. The maximum absolute atomic E-state index is 5.40. The van der Waals surface area contributed by atoms with Crippen molar-refractivity contribution < 1.29 is 4.74 Å². The van der Waals surface area contributed by atoms with Gasteiger partial charge in [0.05, 0.1) is 12.9 Å². The van der Waals surface area contributed by atoms with Crippen LogP contribution in [0.4, 0.5) is 0 Å². The molecule has 3 rings (SSSR count). The van der Waals surface area contributed by atoms with E-state index in [1.54, 1.807) is 0 Å². The summed E-state index contributed by atoms with van der Waals surface area (Å²) in [6.07, 6.45) is 5.61. The molecular formula is C13H20O. The van der Waals surface area contributed by atoms with Crippen LogP contribution in [0.25, 0.3) is 0 Å². The second-order valence-electron chi connectivity index (χ2n) is 5.12. The van der Waals surface area contributed by atoms with Gasteiger partial charge in [0.15, 0.2) is 0 Å². The molecule has 0 aromatic carbocycles. The molecule has 14 heavy (non-hydrogen) atoms. The Morgan fingerprint density at radius 1 is 1.50 bits per heavy atom. The monoisotopic (exact) mass is 192 g/mol. The Morgan fingerprint density at radius 2 is 2.21 bits per heavy atom. The summed E-state index contributed by atoms with van der Waals surface area (Å²) < 4.78 is 5.40. The summed E-state index contributed by atoms with van der Waals surface area (Å²) in [6, 6.07) is 0. The first-order valence-electron chi connectivity index (χ1n) is 5.57. The van der Waals surface area contributed by atoms with Crippen LogP contribution in [0, 0.1) is 17.3 Å². The van der Waals surface area contributed by atoms with Crippen LogP contribution in [-0.2, 0) is 4.74 Å². The molecule has 0 radical (unpaired) electrons. The zero-order valence-corrected chi connectivity index (χ0v) is 9.63. The first-order chi connectivity index (χ1) is 6.57. The topological polar surface area (TPSA) is 9.23 Å². The number of hydrogen-bond donors (Lipinski definition) is 0. The SMILES string of the molecule is CCO/C=C1\C=C(C)[C@H]2C[C@@H]1C2(C)C. The highest BCUT2D eigenvalue weighted by molar-refractivity contribution is 5.38. The Hall–Kier alpha value is -0.720. The van der Waals surface area contributed by atoms with Crippen molar-refractivity contribution in [3.8, 4) is 0 Å². The average molecular weight is 192 g/mol. The first-order valence-corrected chi connectivity index (χ1v) is 5.57. The van der Waals surface area contributed by atoms with Crippen molar-refractivity contribution in [1.82, 2.24) is 0 Å². The third kappa shape index (κ3) is 1.22. The van der Waals surface area contributed by atoms with E-state index in [0.29, 0.717) is 5.41 Å². The van der Waals surface area contributed by atoms with Crippen LogP contribution in [-0.4, -0.2) is 6.61 Å². The standard InChI is InChI=1S/C13H20O/c1-5-14-8-10-6-9(2)11-7-12(10)13(11,3)4/h6,8,11-12H,5,7H2,1-4H3/b10-8+/t11-,12+/m1/s1. The lowest BCUT2D eigenvalue weighted by Gasteiger charge is -2.56. The third-order valence-electron chi connectivity index (χ3n) is 4.00. The molecule has 0 saturated heterocycles. The van der Waals surface area contributed by atoms with E-state index in [2.05, 4.69) is 26.8 Å². The Labute approximate surface area is 86.8 Å². The van der Waals surface area contributed by atoms with Crippen molar-refractivity contribution in [3.63, 3.8) is 0 Å². The van der Waals surface area contributed by atoms with E-state index in [1.807, 2.05) is 13.2 Å². The number of ether oxygens (including phenoxy) is 1. The summed E-state index contributed by atoms with van der Waals surface area (Å²) in [5, 5.41) is 0. The Morgan fingerprint density at radius 3 is 2.71 bits per heavy atom. The summed E-state index contributed by atoms with van der Waals surface area (Å²) in [6.45, 7) is 9.81.